The molecule has 0 bridgehead atoms. The van der Waals surface area contributed by atoms with Gasteiger partial charge in [0, 0.05) is 12.4 Å². The maximum atomic E-state index is 13.8. The summed E-state index contributed by atoms with van der Waals surface area (Å²) in [4.78, 5) is 8.34. The first-order chi connectivity index (χ1) is 23.4. The minimum absolute atomic E-state index is 0. The summed E-state index contributed by atoms with van der Waals surface area (Å²) in [6.07, 6.45) is -5.99. The van der Waals surface area contributed by atoms with Gasteiger partial charge in [0.15, 0.2) is 0 Å². The van der Waals surface area contributed by atoms with E-state index in [1.54, 1.807) is 55.5 Å². The third-order valence-electron chi connectivity index (χ3n) is 7.36. The summed E-state index contributed by atoms with van der Waals surface area (Å²) in [5.41, 5.74) is 3.13. The molecule has 0 spiro atoms. The maximum Gasteiger partial charge on any atom is 2.00 e. The van der Waals surface area contributed by atoms with E-state index in [1.165, 1.54) is 19.5 Å². The van der Waals surface area contributed by atoms with Gasteiger partial charge in [-0.1, -0.05) is 90.3 Å². The fourth-order valence-corrected chi connectivity index (χ4v) is 5.09. The molecule has 4 aromatic carbocycles. The second kappa shape index (κ2) is 16.3. The first-order valence-corrected chi connectivity index (χ1v) is 14.8. The number of hydrogen-bond acceptors (Lipinski definition) is 4. The summed E-state index contributed by atoms with van der Waals surface area (Å²) in [6.45, 7) is 1.33. The quantitative estimate of drug-likeness (QED) is 0.134. The number of ether oxygens (including phenoxy) is 1. The zero-order valence-electron chi connectivity index (χ0n) is 26.5. The fraction of sp³-hybridized carbons (Fsp3) is 0.128. The molecule has 0 aliphatic rings. The Morgan fingerprint density at radius 1 is 0.700 bits per heavy atom. The molecule has 258 valence electrons. The number of pyridine rings is 2. The van der Waals surface area contributed by atoms with Gasteiger partial charge in [0.2, 0.25) is 0 Å². The molecule has 11 heteroatoms. The van der Waals surface area contributed by atoms with Gasteiger partial charge in [-0.2, -0.15) is 26.3 Å². The molecule has 2 aromatic heterocycles. The van der Waals surface area contributed by atoms with Gasteiger partial charge in [-0.3, -0.25) is 0 Å². The molecular weight excluding hydrogens is 838 g/mol. The zero-order valence-corrected chi connectivity index (χ0v) is 28.8. The van der Waals surface area contributed by atoms with E-state index in [1.807, 2.05) is 36.4 Å². The molecule has 50 heavy (non-hydrogen) atoms. The number of benzene rings is 4. The molecule has 1 N–H and O–H groups in total. The number of methoxy groups -OCH3 is 1. The third-order valence-corrected chi connectivity index (χ3v) is 7.36. The predicted octanol–water partition coefficient (Wildman–Crippen LogP) is 10.3. The summed E-state index contributed by atoms with van der Waals surface area (Å²) in [7, 11) is 1.49. The van der Waals surface area contributed by atoms with Crippen LogP contribution in [0.2, 0.25) is 0 Å². The largest absolute Gasteiger partial charge is 2.00 e. The van der Waals surface area contributed by atoms with Crippen molar-refractivity contribution in [3.8, 4) is 50.5 Å². The van der Waals surface area contributed by atoms with E-state index < -0.39 is 23.5 Å². The molecule has 0 saturated carbocycles. The molecule has 6 aromatic rings. The minimum atomic E-state index is -4.57. The van der Waals surface area contributed by atoms with Crippen LogP contribution in [0.3, 0.4) is 0 Å². The van der Waals surface area contributed by atoms with Crippen molar-refractivity contribution in [3.63, 3.8) is 0 Å². The van der Waals surface area contributed by atoms with E-state index in [0.29, 0.717) is 50.5 Å². The molecule has 0 aliphatic heterocycles. The second-order valence-corrected chi connectivity index (χ2v) is 10.8. The molecular formula is C39H28F6N2O2Pt. The van der Waals surface area contributed by atoms with Crippen molar-refractivity contribution < 1.29 is 57.3 Å². The molecule has 2 heterocycles. The van der Waals surface area contributed by atoms with Crippen LogP contribution in [-0.2, 0) is 40.0 Å². The smallest absolute Gasteiger partial charge is 0.497 e. The average molecular weight is 866 g/mol. The van der Waals surface area contributed by atoms with E-state index in [0.717, 1.165) is 23.8 Å². The summed E-state index contributed by atoms with van der Waals surface area (Å²) < 4.78 is 84.6. The Kier molecular flexibility index (Phi) is 12.4. The van der Waals surface area contributed by atoms with Gasteiger partial charge in [0.05, 0.1) is 13.7 Å². The minimum Gasteiger partial charge on any atom is -0.497 e. The Bertz CT molecular complexity index is 2040. The SMILES string of the molecule is COc1ccnc(-c2[c-]c(C)cc(C(F)(F)F)c2)c1.OCc1ccnc(-c2[c-]c(C(F)(F)F)cc(-c3ccccc3)c2-c2ccccc2)c1.[Pt+2]. The van der Waals surface area contributed by atoms with Crippen LogP contribution in [0.1, 0.15) is 22.3 Å². The van der Waals surface area contributed by atoms with E-state index in [4.69, 9.17) is 4.74 Å². The molecule has 0 amide bonds. The fourth-order valence-electron chi connectivity index (χ4n) is 5.09. The molecule has 0 radical (unpaired) electrons. The average Bonchev–Trinajstić information content (AvgIpc) is 3.11. The second-order valence-electron chi connectivity index (χ2n) is 10.8. The standard InChI is InChI=1S/C25H17F3NO.C14H11F3NO.Pt/c26-25(27,28)20-14-21(18-7-3-1-4-8-18)24(19-9-5-2-6-10-19)22(15-20)23-13-17(16-30)11-12-29-23;1-9-5-10(7-11(6-9)14(15,16)17)13-8-12(19-2)3-4-18-13;/h1-14,30H,16H2;3-4,6-8H,1-2H3;/q2*-1;+2. The van der Waals surface area contributed by atoms with Gasteiger partial charge < -0.3 is 19.8 Å². The maximum absolute atomic E-state index is 13.8. The summed E-state index contributed by atoms with van der Waals surface area (Å²) >= 11 is 0. The van der Waals surface area contributed by atoms with Crippen LogP contribution in [-0.4, -0.2) is 22.2 Å². The van der Waals surface area contributed by atoms with Gasteiger partial charge in [0.1, 0.15) is 5.75 Å². The number of alkyl halides is 6. The number of rotatable bonds is 6. The van der Waals surface area contributed by atoms with E-state index in [2.05, 4.69) is 22.1 Å². The van der Waals surface area contributed by atoms with Crippen LogP contribution >= 0.6 is 0 Å². The number of aryl methyl sites for hydroxylation is 1. The number of hydrogen-bond donors (Lipinski definition) is 1. The van der Waals surface area contributed by atoms with Crippen LogP contribution in [0.5, 0.6) is 5.75 Å². The topological polar surface area (TPSA) is 55.2 Å². The van der Waals surface area contributed by atoms with Crippen molar-refractivity contribution in [2.24, 2.45) is 0 Å². The number of aliphatic hydroxyl groups is 1. The molecule has 0 saturated heterocycles. The third kappa shape index (κ3) is 9.25. The molecule has 6 rings (SSSR count). The monoisotopic (exact) mass is 865 g/mol. The van der Waals surface area contributed by atoms with Crippen molar-refractivity contribution in [3.05, 3.63) is 150 Å². The van der Waals surface area contributed by atoms with Crippen LogP contribution in [0.15, 0.2) is 116 Å². The van der Waals surface area contributed by atoms with Crippen LogP contribution in [0.4, 0.5) is 26.3 Å². The number of halogens is 6. The number of nitrogens with zero attached hydrogens (tertiary/aromatic N) is 2. The predicted molar refractivity (Wildman–Crippen MR) is 175 cm³/mol. The summed E-state index contributed by atoms with van der Waals surface area (Å²) in [5.74, 6) is 0.536. The Labute approximate surface area is 299 Å². The van der Waals surface area contributed by atoms with Crippen molar-refractivity contribution in [1.29, 1.82) is 0 Å². The van der Waals surface area contributed by atoms with Gasteiger partial charge in [0.25, 0.3) is 0 Å². The van der Waals surface area contributed by atoms with Crippen molar-refractivity contribution in [2.75, 3.05) is 7.11 Å². The first-order valence-electron chi connectivity index (χ1n) is 14.8. The van der Waals surface area contributed by atoms with Crippen LogP contribution in [0, 0.1) is 19.1 Å². The Hall–Kier alpha value is -4.79. The van der Waals surface area contributed by atoms with Gasteiger partial charge in [-0.15, -0.1) is 47.0 Å². The number of aliphatic hydroxyl groups excluding tert-OH is 1. The first kappa shape index (κ1) is 38.0. The van der Waals surface area contributed by atoms with E-state index >= 15 is 0 Å². The van der Waals surface area contributed by atoms with Gasteiger partial charge in [-0.05, 0) is 51.8 Å². The van der Waals surface area contributed by atoms with Crippen molar-refractivity contribution in [1.82, 2.24) is 9.97 Å². The van der Waals surface area contributed by atoms with Crippen molar-refractivity contribution >= 4 is 0 Å². The van der Waals surface area contributed by atoms with Crippen LogP contribution in [0.25, 0.3) is 44.8 Å². The molecule has 0 unspecified atom stereocenters. The Morgan fingerprint density at radius 2 is 1.32 bits per heavy atom. The molecule has 4 nitrogen and oxygen atoms in total. The Balaban J connectivity index is 0.000000243. The van der Waals surface area contributed by atoms with E-state index in [9.17, 15) is 31.4 Å². The Morgan fingerprint density at radius 3 is 1.92 bits per heavy atom. The van der Waals surface area contributed by atoms with Gasteiger partial charge >= 0.3 is 33.4 Å². The molecule has 0 atom stereocenters. The van der Waals surface area contributed by atoms with Gasteiger partial charge in [-0.25, -0.2) is 0 Å². The van der Waals surface area contributed by atoms with Crippen molar-refractivity contribution in [2.45, 2.75) is 25.9 Å². The number of aromatic nitrogens is 2. The zero-order chi connectivity index (χ0) is 35.2. The normalized spacial score (nSPS) is 11.2. The summed E-state index contributed by atoms with van der Waals surface area (Å²) in [5, 5.41) is 9.49. The summed E-state index contributed by atoms with van der Waals surface area (Å²) in [6, 6.07) is 33.3. The molecule has 0 fully saturated rings. The van der Waals surface area contributed by atoms with E-state index in [-0.39, 0.29) is 33.2 Å². The van der Waals surface area contributed by atoms with Crippen LogP contribution < -0.4 is 4.74 Å². The molecule has 0 aliphatic carbocycles.